The Labute approximate surface area is 96.2 Å². The number of rotatable bonds is 8. The van der Waals surface area contributed by atoms with Crippen molar-refractivity contribution in [2.75, 3.05) is 26.2 Å². The Morgan fingerprint density at radius 1 is 0.867 bits per heavy atom. The van der Waals surface area contributed by atoms with E-state index in [1.54, 1.807) is 0 Å². The van der Waals surface area contributed by atoms with Crippen LogP contribution in [0.15, 0.2) is 0 Å². The normalized spacial score (nSPS) is 14.2. The zero-order chi connectivity index (χ0) is 11.8. The zero-order valence-corrected chi connectivity index (χ0v) is 11.3. The first-order valence-electron chi connectivity index (χ1n) is 6.38. The van der Waals surface area contributed by atoms with Gasteiger partial charge in [0.1, 0.15) is 0 Å². The molecular formula is C13H30N2. The predicted octanol–water partition coefficient (Wildman–Crippen LogP) is 2.59. The average molecular weight is 214 g/mol. The van der Waals surface area contributed by atoms with Crippen LogP contribution < -0.4 is 5.73 Å². The van der Waals surface area contributed by atoms with Gasteiger partial charge in [0, 0.05) is 19.6 Å². The van der Waals surface area contributed by atoms with Crippen LogP contribution in [0.25, 0.3) is 0 Å². The molecule has 0 saturated carbocycles. The van der Waals surface area contributed by atoms with E-state index in [0.29, 0.717) is 0 Å². The zero-order valence-electron chi connectivity index (χ0n) is 11.3. The maximum absolute atomic E-state index is 5.59. The summed E-state index contributed by atoms with van der Waals surface area (Å²) in [5.74, 6) is 2.25. The molecule has 0 fully saturated rings. The molecule has 0 aliphatic heterocycles. The summed E-state index contributed by atoms with van der Waals surface area (Å²) in [6.07, 6.45) is 1.15. The van der Waals surface area contributed by atoms with Crippen molar-refractivity contribution in [3.8, 4) is 0 Å². The Hall–Kier alpha value is -0.0800. The second-order valence-electron chi connectivity index (χ2n) is 5.69. The van der Waals surface area contributed by atoms with Crippen molar-refractivity contribution in [2.24, 2.45) is 23.5 Å². The molecule has 1 atom stereocenters. The molecule has 0 aromatic carbocycles. The first-order chi connectivity index (χ1) is 6.95. The molecule has 0 amide bonds. The Balaban J connectivity index is 3.99. The second kappa shape index (κ2) is 8.12. The lowest BCUT2D eigenvalue weighted by atomic mass is 10.1. The topological polar surface area (TPSA) is 29.3 Å². The maximum Gasteiger partial charge on any atom is 0.000772 e. The van der Waals surface area contributed by atoms with Gasteiger partial charge in [0.25, 0.3) is 0 Å². The predicted molar refractivity (Wildman–Crippen MR) is 69.0 cm³/mol. The number of hydrogen-bond donors (Lipinski definition) is 1. The molecular weight excluding hydrogens is 184 g/mol. The van der Waals surface area contributed by atoms with Crippen LogP contribution in [0.2, 0.25) is 0 Å². The summed E-state index contributed by atoms with van der Waals surface area (Å²) < 4.78 is 0. The number of nitrogens with two attached hydrogens (primary N) is 1. The Kier molecular flexibility index (Phi) is 8.07. The molecule has 0 rings (SSSR count). The van der Waals surface area contributed by atoms with Crippen molar-refractivity contribution in [2.45, 2.75) is 41.0 Å². The van der Waals surface area contributed by atoms with Crippen molar-refractivity contribution < 1.29 is 0 Å². The van der Waals surface area contributed by atoms with Crippen molar-refractivity contribution in [3.63, 3.8) is 0 Å². The van der Waals surface area contributed by atoms with Gasteiger partial charge >= 0.3 is 0 Å². The van der Waals surface area contributed by atoms with Crippen LogP contribution in [0, 0.1) is 17.8 Å². The van der Waals surface area contributed by atoms with Crippen LogP contribution >= 0.6 is 0 Å². The van der Waals surface area contributed by atoms with E-state index in [4.69, 9.17) is 5.73 Å². The van der Waals surface area contributed by atoms with Crippen LogP contribution in [0.4, 0.5) is 0 Å². The SMILES string of the molecule is CC(C)CN(CC(C)C)CC(C)CCN. The summed E-state index contributed by atoms with van der Waals surface area (Å²) in [7, 11) is 0. The van der Waals surface area contributed by atoms with Gasteiger partial charge in [0.05, 0.1) is 0 Å². The summed E-state index contributed by atoms with van der Waals surface area (Å²) >= 11 is 0. The Morgan fingerprint density at radius 2 is 1.33 bits per heavy atom. The van der Waals surface area contributed by atoms with Gasteiger partial charge in [-0.2, -0.15) is 0 Å². The van der Waals surface area contributed by atoms with Gasteiger partial charge in [0.2, 0.25) is 0 Å². The van der Waals surface area contributed by atoms with Crippen molar-refractivity contribution in [1.82, 2.24) is 4.90 Å². The second-order valence-corrected chi connectivity index (χ2v) is 5.69. The van der Waals surface area contributed by atoms with Gasteiger partial charge in [-0.25, -0.2) is 0 Å². The molecule has 2 heteroatoms. The highest BCUT2D eigenvalue weighted by Gasteiger charge is 2.12. The fourth-order valence-electron chi connectivity index (χ4n) is 2.07. The molecule has 0 spiro atoms. The van der Waals surface area contributed by atoms with Gasteiger partial charge < -0.3 is 10.6 Å². The molecule has 0 radical (unpaired) electrons. The Morgan fingerprint density at radius 3 is 1.67 bits per heavy atom. The molecule has 0 heterocycles. The van der Waals surface area contributed by atoms with Crippen LogP contribution in [-0.2, 0) is 0 Å². The van der Waals surface area contributed by atoms with Crippen molar-refractivity contribution >= 4 is 0 Å². The Bertz CT molecular complexity index is 133. The van der Waals surface area contributed by atoms with E-state index < -0.39 is 0 Å². The van der Waals surface area contributed by atoms with Crippen molar-refractivity contribution in [1.29, 1.82) is 0 Å². The van der Waals surface area contributed by atoms with Gasteiger partial charge in [0.15, 0.2) is 0 Å². The summed E-state index contributed by atoms with van der Waals surface area (Å²) in [4.78, 5) is 2.59. The van der Waals surface area contributed by atoms with Crippen LogP contribution in [-0.4, -0.2) is 31.1 Å². The summed E-state index contributed by atoms with van der Waals surface area (Å²) in [6.45, 7) is 15.9. The van der Waals surface area contributed by atoms with Gasteiger partial charge in [-0.3, -0.25) is 0 Å². The molecule has 0 bridgehead atoms. The lowest BCUT2D eigenvalue weighted by molar-refractivity contribution is 0.190. The lowest BCUT2D eigenvalue weighted by Gasteiger charge is -2.28. The van der Waals surface area contributed by atoms with E-state index >= 15 is 0 Å². The fourth-order valence-corrected chi connectivity index (χ4v) is 2.07. The van der Waals surface area contributed by atoms with E-state index in [2.05, 4.69) is 39.5 Å². The first kappa shape index (κ1) is 14.9. The molecule has 2 nitrogen and oxygen atoms in total. The van der Waals surface area contributed by atoms with E-state index in [1.165, 1.54) is 19.6 Å². The summed E-state index contributed by atoms with van der Waals surface area (Å²) in [6, 6.07) is 0. The van der Waals surface area contributed by atoms with Gasteiger partial charge in [-0.1, -0.05) is 34.6 Å². The third-order valence-electron chi connectivity index (χ3n) is 2.48. The first-order valence-corrected chi connectivity index (χ1v) is 6.38. The van der Waals surface area contributed by atoms with E-state index in [0.717, 1.165) is 30.7 Å². The molecule has 0 aliphatic rings. The number of nitrogens with zero attached hydrogens (tertiary/aromatic N) is 1. The molecule has 0 aliphatic carbocycles. The monoisotopic (exact) mass is 214 g/mol. The minimum atomic E-state index is 0.729. The molecule has 0 saturated heterocycles. The van der Waals surface area contributed by atoms with Gasteiger partial charge in [-0.15, -0.1) is 0 Å². The third kappa shape index (κ3) is 8.88. The molecule has 2 N–H and O–H groups in total. The molecule has 15 heavy (non-hydrogen) atoms. The smallest absolute Gasteiger partial charge is 0.000772 e. The fraction of sp³-hybridized carbons (Fsp3) is 1.00. The van der Waals surface area contributed by atoms with Gasteiger partial charge in [-0.05, 0) is 30.7 Å². The molecule has 1 unspecified atom stereocenters. The highest BCUT2D eigenvalue weighted by molar-refractivity contribution is 4.66. The largest absolute Gasteiger partial charge is 0.330 e. The highest BCUT2D eigenvalue weighted by Crippen LogP contribution is 2.09. The van der Waals surface area contributed by atoms with E-state index in [9.17, 15) is 0 Å². The molecule has 0 aromatic heterocycles. The summed E-state index contributed by atoms with van der Waals surface area (Å²) in [5, 5.41) is 0. The third-order valence-corrected chi connectivity index (χ3v) is 2.48. The molecule has 0 aromatic rings. The van der Waals surface area contributed by atoms with Crippen molar-refractivity contribution in [3.05, 3.63) is 0 Å². The lowest BCUT2D eigenvalue weighted by Crippen LogP contribution is -2.35. The van der Waals surface area contributed by atoms with Crippen LogP contribution in [0.5, 0.6) is 0 Å². The van der Waals surface area contributed by atoms with Crippen LogP contribution in [0.1, 0.15) is 41.0 Å². The number of hydrogen-bond acceptors (Lipinski definition) is 2. The summed E-state index contributed by atoms with van der Waals surface area (Å²) in [5.41, 5.74) is 5.59. The minimum Gasteiger partial charge on any atom is -0.330 e. The highest BCUT2D eigenvalue weighted by atomic mass is 15.1. The molecule has 92 valence electrons. The standard InChI is InChI=1S/C13H30N2/c1-11(2)8-15(9-12(3)4)10-13(5)6-7-14/h11-13H,6-10,14H2,1-5H3. The quantitative estimate of drug-likeness (QED) is 0.673. The maximum atomic E-state index is 5.59. The van der Waals surface area contributed by atoms with E-state index in [-0.39, 0.29) is 0 Å². The van der Waals surface area contributed by atoms with E-state index in [1.807, 2.05) is 0 Å². The minimum absolute atomic E-state index is 0.729. The average Bonchev–Trinajstić information content (AvgIpc) is 2.00. The van der Waals surface area contributed by atoms with Crippen LogP contribution in [0.3, 0.4) is 0 Å².